The van der Waals surface area contributed by atoms with E-state index >= 15 is 0 Å². The van der Waals surface area contributed by atoms with Crippen LogP contribution in [0.1, 0.15) is 62.3 Å². The Balaban J connectivity index is 2.01. The molecule has 0 bridgehead atoms. The lowest BCUT2D eigenvalue weighted by atomic mass is 9.72. The number of rotatable bonds is 9. The lowest BCUT2D eigenvalue weighted by Gasteiger charge is -2.33. The van der Waals surface area contributed by atoms with Gasteiger partial charge in [0.2, 0.25) is 0 Å². The minimum absolute atomic E-state index is 0.441. The number of aryl methyl sites for hydroxylation is 2. The van der Waals surface area contributed by atoms with Crippen LogP contribution in [-0.4, -0.2) is 26.2 Å². The quantitative estimate of drug-likeness (QED) is 0.439. The van der Waals surface area contributed by atoms with Crippen LogP contribution in [0.15, 0.2) is 48.6 Å². The Morgan fingerprint density at radius 3 is 1.45 bits per heavy atom. The second-order valence-electron chi connectivity index (χ2n) is 8.23. The van der Waals surface area contributed by atoms with Crippen LogP contribution in [0.25, 0.3) is 0 Å². The molecular formula is C27H38N2. The zero-order valence-electron chi connectivity index (χ0n) is 19.2. The van der Waals surface area contributed by atoms with Gasteiger partial charge in [-0.05, 0) is 100 Å². The van der Waals surface area contributed by atoms with Gasteiger partial charge >= 0.3 is 0 Å². The fourth-order valence-electron chi connectivity index (χ4n) is 4.76. The maximum atomic E-state index is 2.43. The molecule has 2 aromatic carbocycles. The first kappa shape index (κ1) is 21.5. The van der Waals surface area contributed by atoms with E-state index in [9.17, 15) is 0 Å². The maximum absolute atomic E-state index is 2.43. The van der Waals surface area contributed by atoms with Crippen molar-refractivity contribution < 1.29 is 0 Å². The number of benzene rings is 2. The fourth-order valence-corrected chi connectivity index (χ4v) is 4.76. The van der Waals surface area contributed by atoms with Gasteiger partial charge in [0, 0.05) is 43.5 Å². The summed E-state index contributed by atoms with van der Waals surface area (Å²) in [4.78, 5) is 4.86. The van der Waals surface area contributed by atoms with E-state index in [1.807, 2.05) is 0 Å². The Morgan fingerprint density at radius 2 is 1.17 bits per heavy atom. The molecule has 0 aliphatic heterocycles. The van der Waals surface area contributed by atoms with Crippen molar-refractivity contribution in [2.75, 3.05) is 36.0 Å². The second-order valence-corrected chi connectivity index (χ2v) is 8.23. The topological polar surface area (TPSA) is 6.48 Å². The standard InChI is InChI=1S/C27H38N2/c1-7-28(8-2)23-14-16-25(20(5)18-23)27(22-12-11-13-22)26-17-15-24(19-21(26)6)29(9-3)10-4/h11-12,14-19,22,27H,7-10,13H2,1-6H3. The summed E-state index contributed by atoms with van der Waals surface area (Å²) >= 11 is 0. The summed E-state index contributed by atoms with van der Waals surface area (Å²) in [6.45, 7) is 17.7. The van der Waals surface area contributed by atoms with Gasteiger partial charge in [0.15, 0.2) is 0 Å². The minimum atomic E-state index is 0.441. The van der Waals surface area contributed by atoms with E-state index in [0.717, 1.165) is 26.2 Å². The van der Waals surface area contributed by atoms with Crippen LogP contribution in [0.4, 0.5) is 11.4 Å². The van der Waals surface area contributed by atoms with Gasteiger partial charge in [0.25, 0.3) is 0 Å². The Kier molecular flexibility index (Phi) is 7.05. The lowest BCUT2D eigenvalue weighted by Crippen LogP contribution is -2.23. The molecule has 1 aliphatic carbocycles. The summed E-state index contributed by atoms with van der Waals surface area (Å²) in [6, 6.07) is 14.2. The van der Waals surface area contributed by atoms with Gasteiger partial charge in [0.05, 0.1) is 0 Å². The summed E-state index contributed by atoms with van der Waals surface area (Å²) in [5.74, 6) is 1.04. The van der Waals surface area contributed by atoms with E-state index in [2.05, 4.69) is 99.9 Å². The van der Waals surface area contributed by atoms with Crippen LogP contribution in [0.3, 0.4) is 0 Å². The highest BCUT2D eigenvalue weighted by atomic mass is 15.1. The van der Waals surface area contributed by atoms with Gasteiger partial charge in [-0.1, -0.05) is 24.3 Å². The molecule has 0 heterocycles. The van der Waals surface area contributed by atoms with Crippen LogP contribution in [-0.2, 0) is 0 Å². The lowest BCUT2D eigenvalue weighted by molar-refractivity contribution is 0.532. The third kappa shape index (κ3) is 4.37. The molecule has 1 unspecified atom stereocenters. The summed E-state index contributed by atoms with van der Waals surface area (Å²) in [5.41, 5.74) is 8.46. The number of hydrogen-bond acceptors (Lipinski definition) is 2. The van der Waals surface area contributed by atoms with Crippen molar-refractivity contribution in [2.24, 2.45) is 5.92 Å². The van der Waals surface area contributed by atoms with Crippen molar-refractivity contribution in [3.05, 3.63) is 70.8 Å². The predicted molar refractivity (Wildman–Crippen MR) is 129 cm³/mol. The average Bonchev–Trinajstić information content (AvgIpc) is 2.68. The Hall–Kier alpha value is -2.22. The SMILES string of the molecule is CCN(CC)c1ccc(C(c2ccc(N(CC)CC)cc2C)C2C=CC2)c(C)c1. The van der Waals surface area contributed by atoms with E-state index in [4.69, 9.17) is 0 Å². The highest BCUT2D eigenvalue weighted by Gasteiger charge is 2.28. The first-order valence-electron chi connectivity index (χ1n) is 11.4. The van der Waals surface area contributed by atoms with E-state index < -0.39 is 0 Å². The molecule has 0 radical (unpaired) electrons. The van der Waals surface area contributed by atoms with Crippen molar-refractivity contribution >= 4 is 11.4 Å². The Bertz CT molecular complexity index is 782. The molecule has 3 rings (SSSR count). The summed E-state index contributed by atoms with van der Waals surface area (Å²) in [6.07, 6.45) is 5.90. The molecule has 2 heteroatoms. The fraction of sp³-hybridized carbons (Fsp3) is 0.481. The van der Waals surface area contributed by atoms with E-state index in [1.165, 1.54) is 40.0 Å². The maximum Gasteiger partial charge on any atom is 0.0368 e. The molecule has 0 saturated heterocycles. The third-order valence-electron chi connectivity index (χ3n) is 6.65. The van der Waals surface area contributed by atoms with Crippen molar-refractivity contribution in [3.8, 4) is 0 Å². The first-order chi connectivity index (χ1) is 14.0. The summed E-state index contributed by atoms with van der Waals surface area (Å²) in [5, 5.41) is 0. The van der Waals surface area contributed by atoms with Crippen LogP contribution >= 0.6 is 0 Å². The molecule has 0 amide bonds. The Morgan fingerprint density at radius 1 is 0.759 bits per heavy atom. The molecule has 2 nitrogen and oxygen atoms in total. The molecule has 0 aromatic heterocycles. The molecule has 0 spiro atoms. The molecule has 1 aliphatic rings. The number of nitrogens with zero attached hydrogens (tertiary/aromatic N) is 2. The van der Waals surface area contributed by atoms with Gasteiger partial charge in [0.1, 0.15) is 0 Å². The van der Waals surface area contributed by atoms with Gasteiger partial charge in [-0.3, -0.25) is 0 Å². The van der Waals surface area contributed by atoms with E-state index in [-0.39, 0.29) is 0 Å². The molecule has 0 saturated carbocycles. The van der Waals surface area contributed by atoms with E-state index in [1.54, 1.807) is 0 Å². The van der Waals surface area contributed by atoms with Crippen LogP contribution in [0.2, 0.25) is 0 Å². The zero-order valence-corrected chi connectivity index (χ0v) is 19.2. The van der Waals surface area contributed by atoms with Gasteiger partial charge in [-0.15, -0.1) is 0 Å². The predicted octanol–water partition coefficient (Wildman–Crippen LogP) is 6.70. The molecule has 1 atom stereocenters. The van der Waals surface area contributed by atoms with Crippen LogP contribution in [0.5, 0.6) is 0 Å². The van der Waals surface area contributed by atoms with Gasteiger partial charge in [-0.25, -0.2) is 0 Å². The molecular weight excluding hydrogens is 352 g/mol. The molecule has 29 heavy (non-hydrogen) atoms. The molecule has 2 aromatic rings. The van der Waals surface area contributed by atoms with Crippen LogP contribution in [0, 0.1) is 19.8 Å². The van der Waals surface area contributed by atoms with Gasteiger partial charge in [-0.2, -0.15) is 0 Å². The Labute approximate surface area is 178 Å². The van der Waals surface area contributed by atoms with Crippen molar-refractivity contribution in [1.82, 2.24) is 0 Å². The van der Waals surface area contributed by atoms with Gasteiger partial charge < -0.3 is 9.80 Å². The average molecular weight is 391 g/mol. The smallest absolute Gasteiger partial charge is 0.0368 e. The second kappa shape index (κ2) is 9.52. The molecule has 0 N–H and O–H groups in total. The monoisotopic (exact) mass is 390 g/mol. The van der Waals surface area contributed by atoms with Crippen LogP contribution < -0.4 is 9.80 Å². The zero-order chi connectivity index (χ0) is 21.0. The minimum Gasteiger partial charge on any atom is -0.372 e. The number of allylic oxidation sites excluding steroid dienone is 2. The number of hydrogen-bond donors (Lipinski definition) is 0. The highest BCUT2D eigenvalue weighted by Crippen LogP contribution is 2.42. The molecule has 0 fully saturated rings. The highest BCUT2D eigenvalue weighted by molar-refractivity contribution is 5.56. The number of anilines is 2. The largest absolute Gasteiger partial charge is 0.372 e. The van der Waals surface area contributed by atoms with E-state index in [0.29, 0.717) is 11.8 Å². The summed E-state index contributed by atoms with van der Waals surface area (Å²) in [7, 11) is 0. The molecule has 156 valence electrons. The normalized spacial score (nSPS) is 15.5. The van der Waals surface area contributed by atoms with Crippen molar-refractivity contribution in [1.29, 1.82) is 0 Å². The third-order valence-corrected chi connectivity index (χ3v) is 6.65. The van der Waals surface area contributed by atoms with Crippen molar-refractivity contribution in [2.45, 2.75) is 53.9 Å². The first-order valence-corrected chi connectivity index (χ1v) is 11.4. The summed E-state index contributed by atoms with van der Waals surface area (Å²) < 4.78 is 0. The van der Waals surface area contributed by atoms with Crippen molar-refractivity contribution in [3.63, 3.8) is 0 Å².